The number of halogens is 2. The van der Waals surface area contributed by atoms with Crippen LogP contribution in [0.15, 0.2) is 0 Å². The summed E-state index contributed by atoms with van der Waals surface area (Å²) >= 11 is 0. The van der Waals surface area contributed by atoms with Crippen molar-refractivity contribution in [2.24, 2.45) is 0 Å². The molecule has 0 aromatic rings. The average molecular weight is 206 g/mol. The highest BCUT2D eigenvalue weighted by Gasteiger charge is 2.32. The van der Waals surface area contributed by atoms with Crippen molar-refractivity contribution in [2.75, 3.05) is 6.54 Å². The third kappa shape index (κ3) is 3.50. The lowest BCUT2D eigenvalue weighted by Crippen LogP contribution is -2.53. The van der Waals surface area contributed by atoms with Crippen molar-refractivity contribution in [2.45, 2.75) is 57.7 Å². The Morgan fingerprint density at radius 2 is 2.07 bits per heavy atom. The van der Waals surface area contributed by atoms with E-state index in [4.69, 9.17) is 0 Å². The molecule has 0 bridgehead atoms. The molecular weight excluding hydrogens is 186 g/mol. The first-order chi connectivity index (χ1) is 6.39. The van der Waals surface area contributed by atoms with Gasteiger partial charge in [-0.15, -0.1) is 0 Å². The Hall–Kier alpha value is -0.220. The summed E-state index contributed by atoms with van der Waals surface area (Å²) in [4.78, 5) is 0. The van der Waals surface area contributed by atoms with Crippen molar-refractivity contribution < 1.29 is 8.78 Å². The van der Waals surface area contributed by atoms with E-state index in [1.807, 2.05) is 0 Å². The smallest absolute Gasteiger partial charge is 0.260 e. The number of hydrogen-bond donors (Lipinski definition) is 2. The van der Waals surface area contributed by atoms with Crippen LogP contribution in [-0.2, 0) is 0 Å². The molecule has 0 radical (unpaired) electrons. The Morgan fingerprint density at radius 1 is 1.43 bits per heavy atom. The molecule has 0 aromatic carbocycles. The molecule has 1 aliphatic heterocycles. The fourth-order valence-electron chi connectivity index (χ4n) is 1.64. The van der Waals surface area contributed by atoms with E-state index in [9.17, 15) is 8.78 Å². The molecule has 84 valence electrons. The van der Waals surface area contributed by atoms with Gasteiger partial charge in [-0.2, -0.15) is 0 Å². The highest BCUT2D eigenvalue weighted by atomic mass is 19.3. The van der Waals surface area contributed by atoms with Gasteiger partial charge in [0.2, 0.25) is 0 Å². The van der Waals surface area contributed by atoms with Gasteiger partial charge in [0.1, 0.15) is 0 Å². The minimum absolute atomic E-state index is 0.187. The first-order valence-corrected chi connectivity index (χ1v) is 5.27. The van der Waals surface area contributed by atoms with Crippen LogP contribution in [0.1, 0.15) is 33.6 Å². The van der Waals surface area contributed by atoms with Crippen LogP contribution >= 0.6 is 0 Å². The molecule has 0 amide bonds. The van der Waals surface area contributed by atoms with Gasteiger partial charge in [-0.05, 0) is 26.7 Å². The molecule has 0 saturated carbocycles. The van der Waals surface area contributed by atoms with Gasteiger partial charge in [0.05, 0.1) is 6.04 Å². The molecule has 3 atom stereocenters. The number of hydrogen-bond acceptors (Lipinski definition) is 2. The molecule has 4 heteroatoms. The van der Waals surface area contributed by atoms with E-state index in [-0.39, 0.29) is 6.04 Å². The van der Waals surface area contributed by atoms with Crippen molar-refractivity contribution in [3.05, 3.63) is 0 Å². The number of alkyl halides is 2. The van der Waals surface area contributed by atoms with Crippen LogP contribution in [0.25, 0.3) is 0 Å². The molecular formula is C10H20F2N2. The average Bonchev–Trinajstić information content (AvgIpc) is 2.07. The molecule has 2 N–H and O–H groups in total. The van der Waals surface area contributed by atoms with Crippen molar-refractivity contribution >= 4 is 0 Å². The van der Waals surface area contributed by atoms with Crippen molar-refractivity contribution in [3.8, 4) is 0 Å². The predicted molar refractivity (Wildman–Crippen MR) is 53.7 cm³/mol. The van der Waals surface area contributed by atoms with Crippen molar-refractivity contribution in [1.82, 2.24) is 10.6 Å². The summed E-state index contributed by atoms with van der Waals surface area (Å²) in [5.74, 6) is -2.64. The van der Waals surface area contributed by atoms with E-state index >= 15 is 0 Å². The first-order valence-electron chi connectivity index (χ1n) is 5.27. The van der Waals surface area contributed by atoms with Gasteiger partial charge in [0.15, 0.2) is 0 Å². The summed E-state index contributed by atoms with van der Waals surface area (Å²) in [6.07, 6.45) is 2.04. The van der Waals surface area contributed by atoms with Gasteiger partial charge in [0.25, 0.3) is 5.92 Å². The van der Waals surface area contributed by atoms with Crippen LogP contribution in [0.2, 0.25) is 0 Å². The topological polar surface area (TPSA) is 24.1 Å². The molecule has 2 nitrogen and oxygen atoms in total. The fourth-order valence-corrected chi connectivity index (χ4v) is 1.64. The molecule has 3 unspecified atom stereocenters. The Bertz CT molecular complexity index is 171. The summed E-state index contributed by atoms with van der Waals surface area (Å²) in [5.41, 5.74) is 0. The molecule has 1 rings (SSSR count). The summed E-state index contributed by atoms with van der Waals surface area (Å²) < 4.78 is 25.7. The van der Waals surface area contributed by atoms with Crippen LogP contribution in [0, 0.1) is 0 Å². The van der Waals surface area contributed by atoms with E-state index < -0.39 is 12.0 Å². The van der Waals surface area contributed by atoms with E-state index in [1.54, 1.807) is 0 Å². The highest BCUT2D eigenvalue weighted by molar-refractivity contribution is 4.84. The van der Waals surface area contributed by atoms with Crippen molar-refractivity contribution in [1.29, 1.82) is 0 Å². The molecule has 1 aliphatic rings. The van der Waals surface area contributed by atoms with E-state index in [1.165, 1.54) is 6.92 Å². The minimum Gasteiger partial charge on any atom is -0.313 e. The molecule has 1 fully saturated rings. The Morgan fingerprint density at radius 3 is 2.50 bits per heavy atom. The summed E-state index contributed by atoms with van der Waals surface area (Å²) in [6, 6.07) is -0.0415. The second kappa shape index (κ2) is 4.53. The van der Waals surface area contributed by atoms with Crippen LogP contribution < -0.4 is 10.6 Å². The van der Waals surface area contributed by atoms with E-state index in [0.717, 1.165) is 26.3 Å². The zero-order valence-corrected chi connectivity index (χ0v) is 9.11. The Kier molecular flexibility index (Phi) is 3.84. The van der Waals surface area contributed by atoms with Gasteiger partial charge in [-0.3, -0.25) is 0 Å². The number of rotatable bonds is 3. The maximum absolute atomic E-state index is 12.9. The molecule has 0 spiro atoms. The van der Waals surface area contributed by atoms with Gasteiger partial charge < -0.3 is 10.6 Å². The number of piperidine rings is 1. The Labute approximate surface area is 84.4 Å². The lowest BCUT2D eigenvalue weighted by atomic mass is 10.0. The number of nitrogens with one attached hydrogen (secondary N) is 2. The normalized spacial score (nSPS) is 31.5. The summed E-state index contributed by atoms with van der Waals surface area (Å²) in [7, 11) is 0. The lowest BCUT2D eigenvalue weighted by Gasteiger charge is -2.32. The summed E-state index contributed by atoms with van der Waals surface area (Å²) in [6.45, 7) is 5.41. The maximum Gasteiger partial charge on any atom is 0.260 e. The largest absolute Gasteiger partial charge is 0.313 e. The molecule has 0 aromatic heterocycles. The minimum atomic E-state index is -2.64. The van der Waals surface area contributed by atoms with Crippen molar-refractivity contribution in [3.63, 3.8) is 0 Å². The molecule has 14 heavy (non-hydrogen) atoms. The van der Waals surface area contributed by atoms with Gasteiger partial charge in [0, 0.05) is 25.6 Å². The molecule has 1 saturated heterocycles. The van der Waals surface area contributed by atoms with E-state index in [0.29, 0.717) is 6.04 Å². The standard InChI is InChI=1S/C10H20F2N2/c1-7-4-5-9(6-13-7)14-8(2)10(3,11)12/h7-9,13-14H,4-6H2,1-3H3. The second-order valence-corrected chi connectivity index (χ2v) is 4.43. The Balaban J connectivity index is 2.31. The van der Waals surface area contributed by atoms with Gasteiger partial charge >= 0.3 is 0 Å². The van der Waals surface area contributed by atoms with Gasteiger partial charge in [-0.25, -0.2) is 8.78 Å². The molecule has 0 aliphatic carbocycles. The zero-order chi connectivity index (χ0) is 10.8. The SMILES string of the molecule is CC1CCC(NC(C)C(C)(F)F)CN1. The summed E-state index contributed by atoms with van der Waals surface area (Å²) in [5, 5.41) is 6.25. The van der Waals surface area contributed by atoms with Crippen LogP contribution in [0.4, 0.5) is 8.78 Å². The molecule has 1 heterocycles. The van der Waals surface area contributed by atoms with Crippen LogP contribution in [-0.4, -0.2) is 30.6 Å². The maximum atomic E-state index is 12.9. The van der Waals surface area contributed by atoms with E-state index in [2.05, 4.69) is 17.6 Å². The van der Waals surface area contributed by atoms with Crippen LogP contribution in [0.5, 0.6) is 0 Å². The third-order valence-corrected chi connectivity index (χ3v) is 2.91. The quantitative estimate of drug-likeness (QED) is 0.735. The lowest BCUT2D eigenvalue weighted by molar-refractivity contribution is -0.0168. The predicted octanol–water partition coefficient (Wildman–Crippen LogP) is 1.76. The monoisotopic (exact) mass is 206 g/mol. The highest BCUT2D eigenvalue weighted by Crippen LogP contribution is 2.18. The third-order valence-electron chi connectivity index (χ3n) is 2.91. The fraction of sp³-hybridized carbons (Fsp3) is 1.00. The van der Waals surface area contributed by atoms with Crippen LogP contribution in [0.3, 0.4) is 0 Å². The second-order valence-electron chi connectivity index (χ2n) is 4.43. The van der Waals surface area contributed by atoms with Gasteiger partial charge in [-0.1, -0.05) is 0 Å². The first kappa shape index (κ1) is 11.9. The zero-order valence-electron chi connectivity index (χ0n) is 9.11.